The number of amides is 1. The van der Waals surface area contributed by atoms with Crippen LogP contribution in [0.25, 0.3) is 0 Å². The number of aliphatic hydroxyl groups excluding tert-OH is 1. The summed E-state index contributed by atoms with van der Waals surface area (Å²) in [5.41, 5.74) is 0. The van der Waals surface area contributed by atoms with Crippen molar-refractivity contribution in [2.75, 3.05) is 40.9 Å². The van der Waals surface area contributed by atoms with Crippen LogP contribution in [0.2, 0.25) is 0 Å². The molecule has 0 aromatic heterocycles. The van der Waals surface area contributed by atoms with E-state index in [2.05, 4.69) is 104 Å². The molecule has 0 radical (unpaired) electrons. The van der Waals surface area contributed by atoms with Gasteiger partial charge in [-0.2, -0.15) is 0 Å². The van der Waals surface area contributed by atoms with Gasteiger partial charge in [0.05, 0.1) is 39.9 Å². The van der Waals surface area contributed by atoms with E-state index in [1.54, 1.807) is 6.08 Å². The maximum Gasteiger partial charge on any atom is 0.268 e. The van der Waals surface area contributed by atoms with E-state index >= 15 is 0 Å². The van der Waals surface area contributed by atoms with E-state index < -0.39 is 26.6 Å². The lowest BCUT2D eigenvalue weighted by atomic mass is 10.0. The van der Waals surface area contributed by atoms with Crippen LogP contribution in [0.15, 0.2) is 97.2 Å². The number of nitrogens with one attached hydrogen (secondary N) is 1. The zero-order valence-corrected chi connectivity index (χ0v) is 46.8. The van der Waals surface area contributed by atoms with Crippen molar-refractivity contribution < 1.29 is 32.9 Å². The van der Waals surface area contributed by atoms with E-state index in [1.165, 1.54) is 122 Å². The molecule has 2 N–H and O–H groups in total. The summed E-state index contributed by atoms with van der Waals surface area (Å²) in [6, 6.07) is -0.915. The molecule has 70 heavy (non-hydrogen) atoms. The summed E-state index contributed by atoms with van der Waals surface area (Å²) < 4.78 is 23.3. The van der Waals surface area contributed by atoms with Crippen molar-refractivity contribution in [1.82, 2.24) is 5.32 Å². The fourth-order valence-corrected chi connectivity index (χ4v) is 8.54. The molecule has 404 valence electrons. The van der Waals surface area contributed by atoms with Crippen molar-refractivity contribution in [3.63, 3.8) is 0 Å². The van der Waals surface area contributed by atoms with E-state index in [9.17, 15) is 19.4 Å². The SMILES string of the molecule is CC/C=C\C/C=C\C/C=C\C/C=C\C/C=C\C/C=C\CCCCCCCCCCC(=O)NC(COP(=O)([O-])OCC[N+](C)(C)C)C(O)/C=C/CC/C=C/CCCCCCCCCCCCCCCCC. The summed E-state index contributed by atoms with van der Waals surface area (Å²) in [6.07, 6.45) is 73.3. The zero-order chi connectivity index (χ0) is 51.3. The van der Waals surface area contributed by atoms with Crippen LogP contribution >= 0.6 is 7.82 Å². The molecule has 0 saturated carbocycles. The monoisotopic (exact) mass is 997 g/mol. The van der Waals surface area contributed by atoms with Crippen LogP contribution in [0.3, 0.4) is 0 Å². The van der Waals surface area contributed by atoms with Crippen LogP contribution in [-0.2, 0) is 18.4 Å². The molecule has 0 aromatic carbocycles. The molecule has 9 heteroatoms. The number of unbranched alkanes of at least 4 members (excludes halogenated alkanes) is 24. The zero-order valence-electron chi connectivity index (χ0n) is 45.9. The lowest BCUT2D eigenvalue weighted by Gasteiger charge is -2.29. The van der Waals surface area contributed by atoms with Gasteiger partial charge in [0.1, 0.15) is 13.2 Å². The van der Waals surface area contributed by atoms with Gasteiger partial charge in [0.25, 0.3) is 7.82 Å². The van der Waals surface area contributed by atoms with Gasteiger partial charge in [-0.15, -0.1) is 0 Å². The number of carbonyl (C=O) groups excluding carboxylic acids is 1. The minimum absolute atomic E-state index is 0.0129. The minimum atomic E-state index is -4.61. The fraction of sp³-hybridized carbons (Fsp3) is 0.721. The molecule has 3 atom stereocenters. The third-order valence-corrected chi connectivity index (χ3v) is 13.2. The molecule has 0 aromatic rings. The van der Waals surface area contributed by atoms with Gasteiger partial charge >= 0.3 is 0 Å². The Morgan fingerprint density at radius 3 is 1.33 bits per heavy atom. The standard InChI is InChI=1S/C61H109N2O6P/c1-6-8-10-12-14-16-18-20-22-24-26-28-29-30-31-32-33-35-37-39-41-43-45-47-49-51-53-55-61(65)62-59(58-69-70(66,67)68-57-56-63(3,4)5)60(64)54-52-50-48-46-44-42-40-38-36-34-27-25-23-21-19-17-15-13-11-9-7-2/h8,10,14,16,20,22,26,28,30-31,33,35,44,46,52,54,59-60,64H,6-7,9,11-13,15,17-19,21,23-25,27,29,32,34,36-43,45,47-51,53,55-58H2,1-5H3,(H-,62,65,66,67)/b10-8-,16-14-,22-20-,28-26-,31-30-,35-33-,46-44+,54-52+. The number of phosphoric ester groups is 1. The van der Waals surface area contributed by atoms with Crippen molar-refractivity contribution in [2.45, 2.75) is 244 Å². The summed E-state index contributed by atoms with van der Waals surface area (Å²) in [5, 5.41) is 13.9. The molecule has 0 aliphatic carbocycles. The first kappa shape index (κ1) is 67.4. The van der Waals surface area contributed by atoms with Crippen molar-refractivity contribution in [3.8, 4) is 0 Å². The average molecular weight is 998 g/mol. The third kappa shape index (κ3) is 53.2. The second-order valence-electron chi connectivity index (χ2n) is 20.3. The van der Waals surface area contributed by atoms with E-state index in [1.807, 2.05) is 27.2 Å². The summed E-state index contributed by atoms with van der Waals surface area (Å²) >= 11 is 0. The number of nitrogens with zero attached hydrogens (tertiary/aromatic N) is 1. The van der Waals surface area contributed by atoms with Crippen molar-refractivity contribution >= 4 is 13.7 Å². The van der Waals surface area contributed by atoms with Crippen LogP contribution in [0.1, 0.15) is 232 Å². The first-order chi connectivity index (χ1) is 34.0. The van der Waals surface area contributed by atoms with Crippen LogP contribution in [0.5, 0.6) is 0 Å². The number of likely N-dealkylation sites (N-methyl/N-ethyl adjacent to an activating group) is 1. The summed E-state index contributed by atoms with van der Waals surface area (Å²) in [6.45, 7) is 4.51. The highest BCUT2D eigenvalue weighted by atomic mass is 31.2. The number of allylic oxidation sites excluding steroid dienone is 15. The number of hydrogen-bond donors (Lipinski definition) is 2. The maximum atomic E-state index is 13.0. The highest BCUT2D eigenvalue weighted by Crippen LogP contribution is 2.38. The molecule has 1 amide bonds. The summed E-state index contributed by atoms with van der Waals surface area (Å²) in [5.74, 6) is -0.219. The highest BCUT2D eigenvalue weighted by Gasteiger charge is 2.23. The van der Waals surface area contributed by atoms with Gasteiger partial charge in [-0.1, -0.05) is 239 Å². The third-order valence-electron chi connectivity index (χ3n) is 12.3. The Morgan fingerprint density at radius 1 is 0.514 bits per heavy atom. The van der Waals surface area contributed by atoms with Crippen LogP contribution in [0, 0.1) is 0 Å². The smallest absolute Gasteiger partial charge is 0.268 e. The molecule has 0 aliphatic rings. The highest BCUT2D eigenvalue weighted by molar-refractivity contribution is 7.45. The molecule has 0 bridgehead atoms. The Bertz CT molecular complexity index is 1460. The Morgan fingerprint density at radius 2 is 0.886 bits per heavy atom. The summed E-state index contributed by atoms with van der Waals surface area (Å²) in [7, 11) is 1.23. The molecule has 0 spiro atoms. The number of rotatable bonds is 51. The number of phosphoric acid groups is 1. The molecule has 8 nitrogen and oxygen atoms in total. The van der Waals surface area contributed by atoms with Gasteiger partial charge in [0, 0.05) is 6.42 Å². The minimum Gasteiger partial charge on any atom is -0.756 e. The van der Waals surface area contributed by atoms with Gasteiger partial charge in [-0.05, 0) is 83.5 Å². The largest absolute Gasteiger partial charge is 0.756 e. The van der Waals surface area contributed by atoms with Gasteiger partial charge < -0.3 is 28.8 Å². The van der Waals surface area contributed by atoms with Gasteiger partial charge in [0.15, 0.2) is 0 Å². The molecule has 0 fully saturated rings. The molecular weight excluding hydrogens is 888 g/mol. The molecule has 0 aliphatic heterocycles. The topological polar surface area (TPSA) is 108 Å². The Hall–Kier alpha value is -2.58. The van der Waals surface area contributed by atoms with Crippen molar-refractivity contribution in [2.24, 2.45) is 0 Å². The van der Waals surface area contributed by atoms with Crippen molar-refractivity contribution in [3.05, 3.63) is 97.2 Å². The van der Waals surface area contributed by atoms with E-state index in [0.29, 0.717) is 17.4 Å². The number of hydrogen-bond acceptors (Lipinski definition) is 6. The first-order valence-electron chi connectivity index (χ1n) is 28.6. The fourth-order valence-electron chi connectivity index (χ4n) is 7.82. The normalized spacial score (nSPS) is 14.7. The van der Waals surface area contributed by atoms with Crippen LogP contribution < -0.4 is 10.2 Å². The van der Waals surface area contributed by atoms with E-state index in [0.717, 1.165) is 89.9 Å². The second kappa shape index (κ2) is 51.3. The van der Waals surface area contributed by atoms with Gasteiger partial charge in [-0.3, -0.25) is 9.36 Å². The molecule has 0 saturated heterocycles. The summed E-state index contributed by atoms with van der Waals surface area (Å²) in [4.78, 5) is 25.5. The van der Waals surface area contributed by atoms with Gasteiger partial charge in [-0.25, -0.2) is 0 Å². The quantitative estimate of drug-likeness (QED) is 0.0272. The molecule has 3 unspecified atom stereocenters. The number of carbonyl (C=O) groups is 1. The van der Waals surface area contributed by atoms with E-state index in [-0.39, 0.29) is 12.5 Å². The van der Waals surface area contributed by atoms with Crippen molar-refractivity contribution in [1.29, 1.82) is 0 Å². The first-order valence-corrected chi connectivity index (χ1v) is 30.1. The molecule has 0 rings (SSSR count). The Kier molecular flexibility index (Phi) is 49.4. The second-order valence-corrected chi connectivity index (χ2v) is 21.7. The number of aliphatic hydroxyl groups is 1. The Labute approximate surface area is 432 Å². The molecular formula is C61H109N2O6P. The van der Waals surface area contributed by atoms with E-state index in [4.69, 9.17) is 9.05 Å². The van der Waals surface area contributed by atoms with Gasteiger partial charge in [0.2, 0.25) is 5.91 Å². The maximum absolute atomic E-state index is 13.0. The Balaban J connectivity index is 4.31. The van der Waals surface area contributed by atoms with Crippen LogP contribution in [-0.4, -0.2) is 68.5 Å². The number of quaternary nitrogens is 1. The predicted molar refractivity (Wildman–Crippen MR) is 302 cm³/mol. The predicted octanol–water partition coefficient (Wildman–Crippen LogP) is 16.8. The lowest BCUT2D eigenvalue weighted by Crippen LogP contribution is -2.45. The van der Waals surface area contributed by atoms with Crippen LogP contribution in [0.4, 0.5) is 0 Å². The average Bonchev–Trinajstić information content (AvgIpc) is 3.32. The molecule has 0 heterocycles. The lowest BCUT2D eigenvalue weighted by molar-refractivity contribution is -0.870.